The molecular weight excluding hydrogens is 388 g/mol. The fraction of sp³-hybridized carbons (Fsp3) is 0.667. The van der Waals surface area contributed by atoms with E-state index in [1.165, 1.54) is 21.6 Å². The number of aliphatic carboxylic acids is 2. The van der Waals surface area contributed by atoms with Crippen LogP contribution in [0.4, 0.5) is 0 Å². The van der Waals surface area contributed by atoms with Crippen molar-refractivity contribution in [1.29, 1.82) is 0 Å². The molecule has 0 rings (SSSR count). The summed E-state index contributed by atoms with van der Waals surface area (Å²) >= 11 is 0. The molecule has 98 valence electrons. The number of hydrogen-bond donors (Lipinski definition) is 4. The van der Waals surface area contributed by atoms with Crippen molar-refractivity contribution in [3.05, 3.63) is 0 Å². The minimum atomic E-state index is -1.07. The third-order valence-corrected chi connectivity index (χ3v) is 3.69. The fourth-order valence-corrected chi connectivity index (χ4v) is 2.61. The molecule has 0 aliphatic heterocycles. The summed E-state index contributed by atoms with van der Waals surface area (Å²) in [6.07, 6.45) is 0. The normalized spacial score (nSPS) is 12.9. The first-order chi connectivity index (χ1) is 6.45. The molecule has 0 aromatic carbocycles. The Bertz CT molecular complexity index is 201. The number of rotatable bonds is 7. The molecule has 0 bridgehead atoms. The monoisotopic (exact) mass is 400 g/mol. The van der Waals surface area contributed by atoms with Crippen LogP contribution >= 0.6 is 55.6 Å². The van der Waals surface area contributed by atoms with Crippen molar-refractivity contribution in [3.8, 4) is 0 Å². The van der Waals surface area contributed by atoms with Crippen LogP contribution in [0, 0.1) is 0 Å². The van der Waals surface area contributed by atoms with Gasteiger partial charge >= 0.3 is 11.9 Å². The molecule has 2 unspecified atom stereocenters. The lowest BCUT2D eigenvalue weighted by molar-refractivity contribution is -0.138. The van der Waals surface area contributed by atoms with Crippen LogP contribution in [0.5, 0.6) is 0 Å². The van der Waals surface area contributed by atoms with Gasteiger partial charge in [-0.1, -0.05) is 21.6 Å². The molecule has 0 fully saturated rings. The topological polar surface area (TPSA) is 127 Å². The number of carbonyl (C=O) groups is 2. The fourth-order valence-electron chi connectivity index (χ4n) is 0.385. The van der Waals surface area contributed by atoms with E-state index in [2.05, 4.69) is 0 Å². The zero-order chi connectivity index (χ0) is 11.1. The molecule has 0 aromatic rings. The van der Waals surface area contributed by atoms with Crippen molar-refractivity contribution in [2.75, 3.05) is 11.5 Å². The highest BCUT2D eigenvalue weighted by Gasteiger charge is 2.14. The van der Waals surface area contributed by atoms with Gasteiger partial charge < -0.3 is 21.7 Å². The smallest absolute Gasteiger partial charge is 0.321 e. The second-order valence-electron chi connectivity index (χ2n) is 2.46. The second-order valence-corrected chi connectivity index (χ2v) is 5.01. The van der Waals surface area contributed by atoms with Gasteiger partial charge in [-0.25, -0.2) is 0 Å². The summed E-state index contributed by atoms with van der Waals surface area (Å²) in [5.41, 5.74) is 10.4. The van der Waals surface area contributed by atoms with E-state index in [-0.39, 0.29) is 45.5 Å². The van der Waals surface area contributed by atoms with E-state index in [1.54, 1.807) is 0 Å². The highest BCUT2D eigenvalue weighted by molar-refractivity contribution is 8.93. The van der Waals surface area contributed by atoms with Gasteiger partial charge in [0, 0.05) is 11.5 Å². The predicted octanol–water partition coefficient (Wildman–Crippen LogP) is 0.347. The van der Waals surface area contributed by atoms with Gasteiger partial charge in [0.15, 0.2) is 0 Å². The molecule has 0 heterocycles. The van der Waals surface area contributed by atoms with Crippen LogP contribution in [-0.2, 0) is 9.59 Å². The van der Waals surface area contributed by atoms with Gasteiger partial charge in [0.2, 0.25) is 0 Å². The van der Waals surface area contributed by atoms with Crippen LogP contribution < -0.4 is 11.5 Å². The summed E-state index contributed by atoms with van der Waals surface area (Å²) in [5, 5.41) is 16.8. The SMILES string of the molecule is Br.Br.NC(CSSCC(N)C(=O)O)C(=O)O. The molecule has 0 saturated heterocycles. The lowest BCUT2D eigenvalue weighted by Crippen LogP contribution is -2.33. The molecule has 10 heteroatoms. The van der Waals surface area contributed by atoms with Gasteiger partial charge in [0.1, 0.15) is 12.1 Å². The van der Waals surface area contributed by atoms with E-state index >= 15 is 0 Å². The van der Waals surface area contributed by atoms with E-state index in [0.29, 0.717) is 0 Å². The second kappa shape index (κ2) is 12.0. The molecule has 0 saturated carbocycles. The molecule has 2 atom stereocenters. The number of nitrogens with two attached hydrogens (primary N) is 2. The summed E-state index contributed by atoms with van der Waals surface area (Å²) in [4.78, 5) is 20.5. The highest BCUT2D eigenvalue weighted by atomic mass is 79.9. The maximum atomic E-state index is 10.3. The van der Waals surface area contributed by atoms with Crippen molar-refractivity contribution in [2.45, 2.75) is 12.1 Å². The highest BCUT2D eigenvalue weighted by Crippen LogP contribution is 2.22. The van der Waals surface area contributed by atoms with E-state index in [1.807, 2.05) is 0 Å². The van der Waals surface area contributed by atoms with Gasteiger partial charge in [0.25, 0.3) is 0 Å². The van der Waals surface area contributed by atoms with Crippen LogP contribution in [0.15, 0.2) is 0 Å². The first kappa shape index (κ1) is 21.8. The standard InChI is InChI=1S/C6H12N2O4S2.2BrH/c7-3(5(9)10)1-13-14-2-4(8)6(11)12;;/h3-4H,1-2,7-8H2,(H,9,10)(H,11,12);2*1H. The molecule has 6 N–H and O–H groups in total. The molecule has 0 amide bonds. The Labute approximate surface area is 122 Å². The minimum Gasteiger partial charge on any atom is -0.480 e. The van der Waals surface area contributed by atoms with Crippen molar-refractivity contribution in [3.63, 3.8) is 0 Å². The lowest BCUT2D eigenvalue weighted by Gasteiger charge is -2.07. The Kier molecular flexibility index (Phi) is 16.3. The lowest BCUT2D eigenvalue weighted by atomic mass is 10.4. The average molecular weight is 402 g/mol. The number of hydrogen-bond acceptors (Lipinski definition) is 6. The molecular formula is C6H14Br2N2O4S2. The summed E-state index contributed by atoms with van der Waals surface area (Å²) < 4.78 is 0. The number of carboxylic acids is 2. The van der Waals surface area contributed by atoms with Gasteiger partial charge in [0.05, 0.1) is 0 Å². The zero-order valence-electron chi connectivity index (χ0n) is 8.07. The van der Waals surface area contributed by atoms with Crippen molar-refractivity contribution >= 4 is 67.5 Å². The number of halogens is 2. The van der Waals surface area contributed by atoms with Crippen LogP contribution in [0.1, 0.15) is 0 Å². The molecule has 0 aliphatic carbocycles. The van der Waals surface area contributed by atoms with Gasteiger partial charge in [-0.3, -0.25) is 9.59 Å². The molecule has 0 spiro atoms. The van der Waals surface area contributed by atoms with E-state index < -0.39 is 24.0 Å². The van der Waals surface area contributed by atoms with Crippen LogP contribution in [0.2, 0.25) is 0 Å². The van der Waals surface area contributed by atoms with E-state index in [4.69, 9.17) is 21.7 Å². The predicted molar refractivity (Wildman–Crippen MR) is 76.8 cm³/mol. The van der Waals surface area contributed by atoms with Gasteiger partial charge in [-0.15, -0.1) is 34.0 Å². The first-order valence-electron chi connectivity index (χ1n) is 3.66. The minimum absolute atomic E-state index is 0. The number of carboxylic acid groups (broad SMARTS) is 2. The van der Waals surface area contributed by atoms with E-state index in [0.717, 1.165) is 0 Å². The third-order valence-electron chi connectivity index (χ3n) is 1.21. The maximum Gasteiger partial charge on any atom is 0.321 e. The van der Waals surface area contributed by atoms with Crippen molar-refractivity contribution in [2.24, 2.45) is 11.5 Å². The summed E-state index contributed by atoms with van der Waals surface area (Å²) in [6.45, 7) is 0. The van der Waals surface area contributed by atoms with Crippen molar-refractivity contribution < 1.29 is 19.8 Å². The van der Waals surface area contributed by atoms with Crippen LogP contribution in [-0.4, -0.2) is 45.7 Å². The average Bonchev–Trinajstić information content (AvgIpc) is 2.11. The van der Waals surface area contributed by atoms with Gasteiger partial charge in [-0.2, -0.15) is 0 Å². The molecule has 0 aliphatic rings. The van der Waals surface area contributed by atoms with E-state index in [9.17, 15) is 9.59 Å². The summed E-state index contributed by atoms with van der Waals surface area (Å²) in [5.74, 6) is -1.68. The largest absolute Gasteiger partial charge is 0.480 e. The Balaban J connectivity index is -0.000000845. The molecule has 6 nitrogen and oxygen atoms in total. The third kappa shape index (κ3) is 11.0. The molecule has 16 heavy (non-hydrogen) atoms. The Hall–Kier alpha value is 0.520. The Morgan fingerprint density at radius 2 is 1.19 bits per heavy atom. The molecule has 0 radical (unpaired) electrons. The molecule has 0 aromatic heterocycles. The summed E-state index contributed by atoms with van der Waals surface area (Å²) in [6, 6.07) is -1.85. The van der Waals surface area contributed by atoms with Crippen molar-refractivity contribution in [1.82, 2.24) is 0 Å². The summed E-state index contributed by atoms with van der Waals surface area (Å²) in [7, 11) is 2.41. The quantitative estimate of drug-likeness (QED) is 0.355. The van der Waals surface area contributed by atoms with Crippen LogP contribution in [0.3, 0.4) is 0 Å². The Morgan fingerprint density at radius 3 is 1.38 bits per heavy atom. The van der Waals surface area contributed by atoms with Gasteiger partial charge in [-0.05, 0) is 0 Å². The Morgan fingerprint density at radius 1 is 0.938 bits per heavy atom. The maximum absolute atomic E-state index is 10.3. The van der Waals surface area contributed by atoms with Crippen LogP contribution in [0.25, 0.3) is 0 Å². The first-order valence-corrected chi connectivity index (χ1v) is 6.15. The zero-order valence-corrected chi connectivity index (χ0v) is 13.1.